The SMILES string of the molecule is C=CCC1CCC(OC(=O)C2CCC(C)CC2)CC1. The predicted molar refractivity (Wildman–Crippen MR) is 77.8 cm³/mol. The number of carbonyl (C=O) groups is 1. The molecule has 2 heteroatoms. The Labute approximate surface area is 117 Å². The fraction of sp³-hybridized carbons (Fsp3) is 0.824. The van der Waals surface area contributed by atoms with Crippen molar-refractivity contribution in [2.45, 2.75) is 70.8 Å². The summed E-state index contributed by atoms with van der Waals surface area (Å²) in [5, 5.41) is 0. The molecule has 108 valence electrons. The van der Waals surface area contributed by atoms with Crippen LogP contribution in [0.5, 0.6) is 0 Å². The Morgan fingerprint density at radius 2 is 1.74 bits per heavy atom. The van der Waals surface area contributed by atoms with Crippen molar-refractivity contribution < 1.29 is 9.53 Å². The van der Waals surface area contributed by atoms with E-state index < -0.39 is 0 Å². The van der Waals surface area contributed by atoms with Gasteiger partial charge in [-0.15, -0.1) is 6.58 Å². The van der Waals surface area contributed by atoms with Crippen LogP contribution in [0.1, 0.15) is 64.7 Å². The lowest BCUT2D eigenvalue weighted by Gasteiger charge is -2.30. The van der Waals surface area contributed by atoms with Crippen molar-refractivity contribution in [1.29, 1.82) is 0 Å². The summed E-state index contributed by atoms with van der Waals surface area (Å²) in [6.07, 6.45) is 12.2. The van der Waals surface area contributed by atoms with Gasteiger partial charge in [0.2, 0.25) is 0 Å². The minimum absolute atomic E-state index is 0.0825. The first-order valence-corrected chi connectivity index (χ1v) is 8.00. The Morgan fingerprint density at radius 1 is 1.11 bits per heavy atom. The van der Waals surface area contributed by atoms with E-state index in [9.17, 15) is 4.79 Å². The third-order valence-electron chi connectivity index (χ3n) is 4.93. The van der Waals surface area contributed by atoms with E-state index in [0.29, 0.717) is 0 Å². The van der Waals surface area contributed by atoms with E-state index in [4.69, 9.17) is 4.74 Å². The van der Waals surface area contributed by atoms with E-state index in [1.165, 1.54) is 25.7 Å². The van der Waals surface area contributed by atoms with E-state index in [1.807, 2.05) is 6.08 Å². The molecule has 0 amide bonds. The third-order valence-corrected chi connectivity index (χ3v) is 4.93. The molecule has 2 saturated carbocycles. The molecule has 0 aromatic heterocycles. The van der Waals surface area contributed by atoms with Crippen LogP contribution in [0.2, 0.25) is 0 Å². The maximum Gasteiger partial charge on any atom is 0.309 e. The van der Waals surface area contributed by atoms with Crippen LogP contribution in [0.4, 0.5) is 0 Å². The standard InChI is InChI=1S/C17H28O2/c1-3-4-14-7-11-16(12-8-14)19-17(18)15-9-5-13(2)6-10-15/h3,13-16H,1,4-12H2,2H3. The van der Waals surface area contributed by atoms with Gasteiger partial charge < -0.3 is 4.74 Å². The maximum atomic E-state index is 12.1. The second-order valence-corrected chi connectivity index (χ2v) is 6.56. The minimum atomic E-state index is 0.0825. The molecule has 0 spiro atoms. The monoisotopic (exact) mass is 264 g/mol. The van der Waals surface area contributed by atoms with Crippen molar-refractivity contribution in [3.63, 3.8) is 0 Å². The quantitative estimate of drug-likeness (QED) is 0.552. The zero-order valence-corrected chi connectivity index (χ0v) is 12.3. The van der Waals surface area contributed by atoms with E-state index in [0.717, 1.165) is 43.9 Å². The first-order chi connectivity index (χ1) is 9.19. The van der Waals surface area contributed by atoms with Crippen molar-refractivity contribution in [3.05, 3.63) is 12.7 Å². The highest BCUT2D eigenvalue weighted by molar-refractivity contribution is 5.72. The van der Waals surface area contributed by atoms with Crippen LogP contribution in [0.15, 0.2) is 12.7 Å². The molecule has 2 nitrogen and oxygen atoms in total. The summed E-state index contributed by atoms with van der Waals surface area (Å²) in [5.74, 6) is 1.82. The predicted octanol–water partition coefficient (Wildman–Crippen LogP) is 4.49. The van der Waals surface area contributed by atoms with Crippen molar-refractivity contribution in [2.24, 2.45) is 17.8 Å². The summed E-state index contributed by atoms with van der Waals surface area (Å²) in [6.45, 7) is 6.08. The van der Waals surface area contributed by atoms with Gasteiger partial charge in [0.25, 0.3) is 0 Å². The Morgan fingerprint density at radius 3 is 2.32 bits per heavy atom. The molecule has 0 aliphatic heterocycles. The van der Waals surface area contributed by atoms with Crippen molar-refractivity contribution >= 4 is 5.97 Å². The van der Waals surface area contributed by atoms with E-state index in [1.54, 1.807) is 0 Å². The van der Waals surface area contributed by atoms with Gasteiger partial charge in [-0.25, -0.2) is 0 Å². The summed E-state index contributed by atoms with van der Waals surface area (Å²) in [6, 6.07) is 0. The second-order valence-electron chi connectivity index (χ2n) is 6.56. The van der Waals surface area contributed by atoms with Crippen molar-refractivity contribution in [2.75, 3.05) is 0 Å². The van der Waals surface area contributed by atoms with Crippen LogP contribution in [0.3, 0.4) is 0 Å². The van der Waals surface area contributed by atoms with Gasteiger partial charge in [0.1, 0.15) is 6.10 Å². The molecule has 2 aliphatic carbocycles. The molecule has 0 unspecified atom stereocenters. The third kappa shape index (κ3) is 4.36. The lowest BCUT2D eigenvalue weighted by Crippen LogP contribution is -2.29. The number of hydrogen-bond donors (Lipinski definition) is 0. The van der Waals surface area contributed by atoms with E-state index in [-0.39, 0.29) is 18.0 Å². The molecule has 2 aliphatic rings. The number of carbonyl (C=O) groups excluding carboxylic acids is 1. The fourth-order valence-electron chi connectivity index (χ4n) is 3.48. The molecule has 0 heterocycles. The normalized spacial score (nSPS) is 35.6. The molecule has 0 N–H and O–H groups in total. The Balaban J connectivity index is 1.70. The van der Waals surface area contributed by atoms with Gasteiger partial charge in [0, 0.05) is 0 Å². The molecule has 2 fully saturated rings. The molecule has 0 radical (unpaired) electrons. The zero-order chi connectivity index (χ0) is 13.7. The minimum Gasteiger partial charge on any atom is -0.462 e. The highest BCUT2D eigenvalue weighted by Crippen LogP contribution is 2.32. The summed E-state index contributed by atoms with van der Waals surface area (Å²) in [5.41, 5.74) is 0. The highest BCUT2D eigenvalue weighted by atomic mass is 16.5. The molecule has 0 saturated heterocycles. The summed E-state index contributed by atoms with van der Waals surface area (Å²) in [7, 11) is 0. The lowest BCUT2D eigenvalue weighted by atomic mass is 9.82. The highest BCUT2D eigenvalue weighted by Gasteiger charge is 2.29. The molecule has 0 aromatic carbocycles. The van der Waals surface area contributed by atoms with Gasteiger partial charge in [-0.1, -0.05) is 13.0 Å². The molecule has 0 bridgehead atoms. The Kier molecular flexibility index (Phi) is 5.47. The van der Waals surface area contributed by atoms with Crippen LogP contribution in [0.25, 0.3) is 0 Å². The fourth-order valence-corrected chi connectivity index (χ4v) is 3.48. The molecule has 0 atom stereocenters. The van der Waals surface area contributed by atoms with E-state index >= 15 is 0 Å². The number of rotatable bonds is 4. The second kappa shape index (κ2) is 7.12. The van der Waals surface area contributed by atoms with Gasteiger partial charge in [0.05, 0.1) is 5.92 Å². The van der Waals surface area contributed by atoms with Crippen LogP contribution in [-0.4, -0.2) is 12.1 Å². The average Bonchev–Trinajstić information content (AvgIpc) is 2.42. The number of esters is 1. The average molecular weight is 264 g/mol. The summed E-state index contributed by atoms with van der Waals surface area (Å²) >= 11 is 0. The van der Waals surface area contributed by atoms with Crippen LogP contribution in [-0.2, 0) is 9.53 Å². The molecule has 2 rings (SSSR count). The van der Waals surface area contributed by atoms with Gasteiger partial charge in [-0.05, 0) is 69.6 Å². The van der Waals surface area contributed by atoms with Gasteiger partial charge in [-0.3, -0.25) is 4.79 Å². The molecule has 0 aromatic rings. The smallest absolute Gasteiger partial charge is 0.309 e. The number of hydrogen-bond acceptors (Lipinski definition) is 2. The number of allylic oxidation sites excluding steroid dienone is 1. The lowest BCUT2D eigenvalue weighted by molar-refractivity contribution is -0.157. The van der Waals surface area contributed by atoms with Crippen LogP contribution in [0, 0.1) is 17.8 Å². The molecule has 19 heavy (non-hydrogen) atoms. The van der Waals surface area contributed by atoms with Crippen LogP contribution >= 0.6 is 0 Å². The van der Waals surface area contributed by atoms with Gasteiger partial charge in [-0.2, -0.15) is 0 Å². The maximum absolute atomic E-state index is 12.1. The molecular formula is C17H28O2. The topological polar surface area (TPSA) is 26.3 Å². The summed E-state index contributed by atoms with van der Waals surface area (Å²) in [4.78, 5) is 12.1. The summed E-state index contributed by atoms with van der Waals surface area (Å²) < 4.78 is 5.73. The Bertz CT molecular complexity index is 294. The van der Waals surface area contributed by atoms with Crippen molar-refractivity contribution in [3.8, 4) is 0 Å². The van der Waals surface area contributed by atoms with Crippen molar-refractivity contribution in [1.82, 2.24) is 0 Å². The largest absolute Gasteiger partial charge is 0.462 e. The first kappa shape index (κ1) is 14.6. The first-order valence-electron chi connectivity index (χ1n) is 8.00. The van der Waals surface area contributed by atoms with E-state index in [2.05, 4.69) is 13.5 Å². The van der Waals surface area contributed by atoms with Gasteiger partial charge in [0.15, 0.2) is 0 Å². The molecular weight excluding hydrogens is 236 g/mol. The Hall–Kier alpha value is -0.790. The van der Waals surface area contributed by atoms with Gasteiger partial charge >= 0.3 is 5.97 Å². The zero-order valence-electron chi connectivity index (χ0n) is 12.3. The van der Waals surface area contributed by atoms with Crippen LogP contribution < -0.4 is 0 Å². The number of ether oxygens (including phenoxy) is 1.